The van der Waals surface area contributed by atoms with Crippen LogP contribution in [0.5, 0.6) is 0 Å². The Labute approximate surface area is 138 Å². The lowest BCUT2D eigenvalue weighted by Crippen LogP contribution is -2.48. The van der Waals surface area contributed by atoms with Crippen LogP contribution in [0, 0.1) is 17.3 Å². The van der Waals surface area contributed by atoms with E-state index in [1.165, 1.54) is 25.0 Å². The molecular formula is C19H28FNO2. The van der Waals surface area contributed by atoms with Crippen LogP contribution >= 0.6 is 0 Å². The standard InChI is InChI=1S/C19H28FNO2/c1-21(15-6-4-14(20)5-7-15)17-11-19(17)9-8-13(12-22)18-16(19)3-2-10-23-18/h4,6,13,16-18,22H,2-3,5,7-12H2,1H3. The van der Waals surface area contributed by atoms with Gasteiger partial charge >= 0.3 is 0 Å². The summed E-state index contributed by atoms with van der Waals surface area (Å²) in [7, 11) is 2.18. The van der Waals surface area contributed by atoms with Gasteiger partial charge in [0.15, 0.2) is 0 Å². The first kappa shape index (κ1) is 15.6. The molecule has 3 aliphatic carbocycles. The lowest BCUT2D eigenvalue weighted by molar-refractivity contribution is -0.122. The molecule has 128 valence electrons. The molecule has 2 saturated carbocycles. The Balaban J connectivity index is 1.51. The summed E-state index contributed by atoms with van der Waals surface area (Å²) in [4.78, 5) is 2.41. The molecule has 3 fully saturated rings. The van der Waals surface area contributed by atoms with Crippen molar-refractivity contribution in [3.63, 3.8) is 0 Å². The van der Waals surface area contributed by atoms with Crippen molar-refractivity contribution in [3.05, 3.63) is 23.7 Å². The molecular weight excluding hydrogens is 293 g/mol. The van der Waals surface area contributed by atoms with Gasteiger partial charge in [0.1, 0.15) is 5.83 Å². The zero-order chi connectivity index (χ0) is 16.0. The molecule has 0 bridgehead atoms. The minimum Gasteiger partial charge on any atom is -0.396 e. The Kier molecular flexibility index (Phi) is 4.01. The molecule has 0 aromatic rings. The molecule has 1 spiro atoms. The van der Waals surface area contributed by atoms with Gasteiger partial charge in [-0.3, -0.25) is 0 Å². The third kappa shape index (κ3) is 2.54. The van der Waals surface area contributed by atoms with E-state index in [4.69, 9.17) is 4.74 Å². The monoisotopic (exact) mass is 321 g/mol. The van der Waals surface area contributed by atoms with Gasteiger partial charge in [-0.25, -0.2) is 4.39 Å². The molecule has 0 amide bonds. The highest BCUT2D eigenvalue weighted by Gasteiger charge is 2.65. The van der Waals surface area contributed by atoms with Crippen LogP contribution in [-0.4, -0.2) is 42.4 Å². The average Bonchev–Trinajstić information content (AvgIpc) is 3.31. The predicted molar refractivity (Wildman–Crippen MR) is 87.4 cm³/mol. The van der Waals surface area contributed by atoms with Crippen molar-refractivity contribution in [3.8, 4) is 0 Å². The minimum atomic E-state index is -0.00291. The number of rotatable bonds is 3. The number of fused-ring (bicyclic) bond motifs is 2. The Morgan fingerprint density at radius 3 is 2.96 bits per heavy atom. The van der Waals surface area contributed by atoms with Crippen molar-refractivity contribution < 1.29 is 14.2 Å². The first-order valence-electron chi connectivity index (χ1n) is 9.16. The second-order valence-electron chi connectivity index (χ2n) is 7.90. The van der Waals surface area contributed by atoms with Crippen molar-refractivity contribution >= 4 is 0 Å². The van der Waals surface area contributed by atoms with E-state index in [2.05, 4.69) is 11.9 Å². The molecule has 23 heavy (non-hydrogen) atoms. The smallest absolute Gasteiger partial charge is 0.100 e. The maximum Gasteiger partial charge on any atom is 0.100 e. The first-order chi connectivity index (χ1) is 11.2. The SMILES string of the molecule is CN(C1=CC=C(F)CC1)C1CC12CCC(CO)C1OCCCC12. The third-order valence-corrected chi connectivity index (χ3v) is 6.86. The summed E-state index contributed by atoms with van der Waals surface area (Å²) in [5.41, 5.74) is 1.64. The summed E-state index contributed by atoms with van der Waals surface area (Å²) in [6.07, 6.45) is 11.1. The van der Waals surface area contributed by atoms with Crippen LogP contribution in [0.2, 0.25) is 0 Å². The first-order valence-corrected chi connectivity index (χ1v) is 9.16. The number of allylic oxidation sites excluding steroid dienone is 4. The van der Waals surface area contributed by atoms with Crippen LogP contribution in [0.3, 0.4) is 0 Å². The van der Waals surface area contributed by atoms with Gasteiger partial charge in [0.25, 0.3) is 0 Å². The highest BCUT2D eigenvalue weighted by Crippen LogP contribution is 2.65. The Morgan fingerprint density at radius 2 is 2.22 bits per heavy atom. The van der Waals surface area contributed by atoms with Crippen LogP contribution in [0.1, 0.15) is 44.9 Å². The van der Waals surface area contributed by atoms with Crippen LogP contribution < -0.4 is 0 Å². The zero-order valence-electron chi connectivity index (χ0n) is 14.0. The summed E-state index contributed by atoms with van der Waals surface area (Å²) in [5, 5.41) is 9.68. The average molecular weight is 321 g/mol. The van der Waals surface area contributed by atoms with Crippen molar-refractivity contribution in [2.45, 2.75) is 57.1 Å². The third-order valence-electron chi connectivity index (χ3n) is 6.86. The molecule has 4 rings (SSSR count). The van der Waals surface area contributed by atoms with E-state index >= 15 is 0 Å². The summed E-state index contributed by atoms with van der Waals surface area (Å²) in [5.74, 6) is 0.909. The van der Waals surface area contributed by atoms with Crippen molar-refractivity contribution in [2.24, 2.45) is 17.3 Å². The van der Waals surface area contributed by atoms with Gasteiger partial charge in [-0.1, -0.05) is 0 Å². The number of aliphatic hydroxyl groups excluding tert-OH is 1. The largest absolute Gasteiger partial charge is 0.396 e. The Morgan fingerprint density at radius 1 is 1.35 bits per heavy atom. The van der Waals surface area contributed by atoms with Crippen LogP contribution in [-0.2, 0) is 4.74 Å². The summed E-state index contributed by atoms with van der Waals surface area (Å²) in [6, 6.07) is 0.567. The summed E-state index contributed by atoms with van der Waals surface area (Å²) in [6.45, 7) is 1.11. The van der Waals surface area contributed by atoms with Gasteiger partial charge in [0.05, 0.1) is 6.10 Å². The molecule has 5 unspecified atom stereocenters. The fourth-order valence-corrected chi connectivity index (χ4v) is 5.47. The molecule has 1 aliphatic heterocycles. The van der Waals surface area contributed by atoms with Gasteiger partial charge in [-0.05, 0) is 62.0 Å². The van der Waals surface area contributed by atoms with Crippen LogP contribution in [0.25, 0.3) is 0 Å². The van der Waals surface area contributed by atoms with Gasteiger partial charge in [-0.2, -0.15) is 0 Å². The van der Waals surface area contributed by atoms with E-state index in [9.17, 15) is 9.50 Å². The molecule has 4 heteroatoms. The van der Waals surface area contributed by atoms with Gasteiger partial charge in [0, 0.05) is 44.3 Å². The van der Waals surface area contributed by atoms with Crippen molar-refractivity contribution in [1.29, 1.82) is 0 Å². The van der Waals surface area contributed by atoms with E-state index < -0.39 is 0 Å². The molecule has 1 N–H and O–H groups in total. The van der Waals surface area contributed by atoms with E-state index in [0.29, 0.717) is 29.7 Å². The lowest BCUT2D eigenvalue weighted by Gasteiger charge is -2.47. The molecule has 0 aromatic carbocycles. The number of ether oxygens (including phenoxy) is 1. The van der Waals surface area contributed by atoms with E-state index in [1.807, 2.05) is 6.08 Å². The quantitative estimate of drug-likeness (QED) is 0.865. The molecule has 0 radical (unpaired) electrons. The molecule has 4 aliphatic rings. The number of aliphatic hydroxyl groups is 1. The maximum absolute atomic E-state index is 13.2. The van der Waals surface area contributed by atoms with E-state index in [0.717, 1.165) is 25.9 Å². The van der Waals surface area contributed by atoms with Gasteiger partial charge in [0.2, 0.25) is 0 Å². The van der Waals surface area contributed by atoms with Crippen LogP contribution in [0.4, 0.5) is 4.39 Å². The van der Waals surface area contributed by atoms with Crippen molar-refractivity contribution in [2.75, 3.05) is 20.3 Å². The van der Waals surface area contributed by atoms with Crippen molar-refractivity contribution in [1.82, 2.24) is 4.90 Å². The fourth-order valence-electron chi connectivity index (χ4n) is 5.47. The van der Waals surface area contributed by atoms with E-state index in [-0.39, 0.29) is 18.5 Å². The minimum absolute atomic E-state index is 0.00291. The predicted octanol–water partition coefficient (Wildman–Crippen LogP) is 3.41. The normalized spacial score (nSPS) is 42.7. The summed E-state index contributed by atoms with van der Waals surface area (Å²) < 4.78 is 19.3. The Hall–Kier alpha value is -0.870. The Bertz CT molecular complexity index is 531. The van der Waals surface area contributed by atoms with Gasteiger partial charge < -0.3 is 14.7 Å². The topological polar surface area (TPSA) is 32.7 Å². The molecule has 1 heterocycles. The number of hydrogen-bond donors (Lipinski definition) is 1. The van der Waals surface area contributed by atoms with Gasteiger partial charge in [-0.15, -0.1) is 0 Å². The van der Waals surface area contributed by atoms with Crippen LogP contribution in [0.15, 0.2) is 23.7 Å². The molecule has 1 saturated heterocycles. The molecule has 0 aromatic heterocycles. The highest BCUT2D eigenvalue weighted by atomic mass is 19.1. The molecule has 5 atom stereocenters. The lowest BCUT2D eigenvalue weighted by atomic mass is 9.66. The zero-order valence-corrected chi connectivity index (χ0v) is 14.0. The second kappa shape index (κ2) is 5.89. The molecule has 3 nitrogen and oxygen atoms in total. The maximum atomic E-state index is 13.2. The fraction of sp³-hybridized carbons (Fsp3) is 0.789. The number of nitrogens with zero attached hydrogens (tertiary/aromatic N) is 1. The number of hydrogen-bond acceptors (Lipinski definition) is 3. The number of halogens is 1. The highest BCUT2D eigenvalue weighted by molar-refractivity contribution is 5.25. The summed E-state index contributed by atoms with van der Waals surface area (Å²) >= 11 is 0. The second-order valence-corrected chi connectivity index (χ2v) is 7.90. The van der Waals surface area contributed by atoms with E-state index in [1.54, 1.807) is 6.08 Å².